The van der Waals surface area contributed by atoms with Gasteiger partial charge in [0.05, 0.1) is 17.5 Å². The molecule has 160 valence electrons. The van der Waals surface area contributed by atoms with Gasteiger partial charge in [0.25, 0.3) is 11.9 Å². The van der Waals surface area contributed by atoms with Crippen LogP contribution in [0, 0.1) is 22.5 Å². The van der Waals surface area contributed by atoms with Gasteiger partial charge in [-0.3, -0.25) is 20.2 Å². The maximum atomic E-state index is 13.1. The second-order valence-corrected chi connectivity index (χ2v) is 8.38. The minimum atomic E-state index is -1.47. The molecule has 9 heteroatoms. The highest BCUT2D eigenvalue weighted by atomic mass is 79.9. The summed E-state index contributed by atoms with van der Waals surface area (Å²) >= 11 is 3.46. The van der Waals surface area contributed by atoms with Gasteiger partial charge < -0.3 is 14.8 Å². The van der Waals surface area contributed by atoms with Crippen LogP contribution in [0.3, 0.4) is 0 Å². The molecule has 2 heterocycles. The van der Waals surface area contributed by atoms with E-state index in [2.05, 4.69) is 32.5 Å². The first-order valence-corrected chi connectivity index (χ1v) is 10.4. The van der Waals surface area contributed by atoms with Crippen LogP contribution in [0.15, 0.2) is 40.9 Å². The lowest BCUT2D eigenvalue weighted by Gasteiger charge is -2.25. The van der Waals surface area contributed by atoms with Gasteiger partial charge in [0.1, 0.15) is 6.61 Å². The number of carbonyl (C=O) groups is 1. The Balaban J connectivity index is 1.85. The summed E-state index contributed by atoms with van der Waals surface area (Å²) in [5.74, 6) is 2.17. The van der Waals surface area contributed by atoms with Crippen molar-refractivity contribution >= 4 is 27.5 Å². The molecule has 1 fully saturated rings. The van der Waals surface area contributed by atoms with Crippen molar-refractivity contribution in [3.8, 4) is 23.8 Å². The summed E-state index contributed by atoms with van der Waals surface area (Å²) in [6, 6.07) is 8.90. The number of carbonyl (C=O) groups excluding carboxylic acids is 1. The van der Waals surface area contributed by atoms with E-state index in [0.717, 1.165) is 0 Å². The van der Waals surface area contributed by atoms with Crippen LogP contribution in [-0.2, 0) is 10.3 Å². The largest absolute Gasteiger partial charge is 0.493 e. The van der Waals surface area contributed by atoms with Crippen molar-refractivity contribution in [2.75, 3.05) is 19.0 Å². The van der Waals surface area contributed by atoms with Crippen LogP contribution in [0.1, 0.15) is 24.0 Å². The molecule has 0 unspecified atom stereocenters. The minimum absolute atomic E-state index is 0.0489. The fraction of sp³-hybridized carbons (Fsp3) is 0.318. The zero-order valence-corrected chi connectivity index (χ0v) is 18.4. The minimum Gasteiger partial charge on any atom is -0.493 e. The second kappa shape index (κ2) is 7.87. The quantitative estimate of drug-likeness (QED) is 0.383. The van der Waals surface area contributed by atoms with Gasteiger partial charge >= 0.3 is 0 Å². The van der Waals surface area contributed by atoms with Crippen LogP contribution in [0.4, 0.5) is 5.69 Å². The highest BCUT2D eigenvalue weighted by Gasteiger charge is 2.67. The number of hydrogen-bond acceptors (Lipinski definition) is 6. The van der Waals surface area contributed by atoms with Crippen LogP contribution in [0.5, 0.6) is 11.5 Å². The summed E-state index contributed by atoms with van der Waals surface area (Å²) in [5.41, 5.74) is 0.336. The van der Waals surface area contributed by atoms with Crippen LogP contribution >= 0.6 is 15.9 Å². The average Bonchev–Trinajstić information content (AvgIpc) is 3.21. The summed E-state index contributed by atoms with van der Waals surface area (Å²) in [6.07, 6.45) is 5.28. The molecule has 2 aliphatic rings. The zero-order chi connectivity index (χ0) is 22.3. The number of nitrogens with zero attached hydrogens (tertiary/aromatic N) is 1. The molecule has 0 aromatic heterocycles. The number of anilines is 1. The number of para-hydroxylation sites is 1. The molecule has 1 saturated heterocycles. The first kappa shape index (κ1) is 21.2. The van der Waals surface area contributed by atoms with E-state index in [-0.39, 0.29) is 17.6 Å². The van der Waals surface area contributed by atoms with Crippen molar-refractivity contribution in [2.45, 2.75) is 30.5 Å². The van der Waals surface area contributed by atoms with Crippen molar-refractivity contribution in [3.05, 3.63) is 62.1 Å². The van der Waals surface area contributed by atoms with Gasteiger partial charge in [0.2, 0.25) is 0 Å². The lowest BCUT2D eigenvalue weighted by atomic mass is 9.78. The Hall–Kier alpha value is -3.09. The molecular weight excluding hydrogens is 466 g/mol. The summed E-state index contributed by atoms with van der Waals surface area (Å²) in [5, 5.41) is 18.4. The fourth-order valence-electron chi connectivity index (χ4n) is 4.74. The van der Waals surface area contributed by atoms with Crippen molar-refractivity contribution in [1.29, 1.82) is 0 Å². The Kier molecular flexibility index (Phi) is 5.37. The average molecular weight is 486 g/mol. The Morgan fingerprint density at radius 2 is 2.10 bits per heavy atom. The molecule has 4 atom stereocenters. The summed E-state index contributed by atoms with van der Waals surface area (Å²) in [6.45, 7) is 1.89. The topological polar surface area (TPSA) is 103 Å². The number of rotatable bonds is 5. The number of benzene rings is 2. The molecule has 2 N–H and O–H groups in total. The molecule has 0 bridgehead atoms. The van der Waals surface area contributed by atoms with E-state index in [9.17, 15) is 14.9 Å². The van der Waals surface area contributed by atoms with Gasteiger partial charge in [-0.05, 0) is 46.6 Å². The van der Waals surface area contributed by atoms with Gasteiger partial charge in [0, 0.05) is 22.2 Å². The number of methoxy groups -OCH3 is 1. The number of nitrogens with one attached hydrogen (secondary N) is 2. The molecule has 0 saturated carbocycles. The maximum Gasteiger partial charge on any atom is 0.256 e. The number of fused-ring (bicyclic) bond motifs is 2. The summed E-state index contributed by atoms with van der Waals surface area (Å²) in [7, 11) is 1.48. The lowest BCUT2D eigenvalue weighted by Crippen LogP contribution is -2.54. The molecule has 1 spiro atoms. The van der Waals surface area contributed by atoms with Crippen LogP contribution in [0.2, 0.25) is 0 Å². The van der Waals surface area contributed by atoms with Crippen molar-refractivity contribution in [1.82, 2.24) is 5.32 Å². The second-order valence-electron chi connectivity index (χ2n) is 7.52. The van der Waals surface area contributed by atoms with Gasteiger partial charge in [0.15, 0.2) is 17.0 Å². The first-order chi connectivity index (χ1) is 14.8. The van der Waals surface area contributed by atoms with Gasteiger partial charge in [-0.1, -0.05) is 24.1 Å². The Morgan fingerprint density at radius 3 is 2.77 bits per heavy atom. The predicted octanol–water partition coefficient (Wildman–Crippen LogP) is 3.04. The molecule has 2 aromatic carbocycles. The standard InChI is InChI=1S/C22H20BrN3O5/c1-4-9-31-19-15(23)10-13(11-17(19)30-3)18-12(2)25-22(20(18)26(28)29)14-7-5-6-8-16(14)24-21(22)27/h1,5-8,10-12,18,20,25H,9H2,2-3H3,(H,24,27)/t12-,18-,20+,22-/m0/s1. The molecule has 31 heavy (non-hydrogen) atoms. The maximum absolute atomic E-state index is 13.1. The zero-order valence-electron chi connectivity index (χ0n) is 16.8. The number of halogens is 1. The fourth-order valence-corrected chi connectivity index (χ4v) is 5.31. The predicted molar refractivity (Wildman–Crippen MR) is 118 cm³/mol. The number of hydrogen-bond donors (Lipinski definition) is 2. The number of nitro groups is 1. The number of amides is 1. The third-order valence-electron chi connectivity index (χ3n) is 5.90. The van der Waals surface area contributed by atoms with E-state index in [4.69, 9.17) is 15.9 Å². The smallest absolute Gasteiger partial charge is 0.256 e. The highest BCUT2D eigenvalue weighted by Crippen LogP contribution is 2.51. The molecule has 0 radical (unpaired) electrons. The van der Waals surface area contributed by atoms with Crippen molar-refractivity contribution < 1.29 is 19.2 Å². The Labute approximate surface area is 187 Å². The third-order valence-corrected chi connectivity index (χ3v) is 6.49. The lowest BCUT2D eigenvalue weighted by molar-refractivity contribution is -0.532. The molecule has 2 aromatic rings. The van der Waals surface area contributed by atoms with Gasteiger partial charge in [-0.25, -0.2) is 0 Å². The van der Waals surface area contributed by atoms with E-state index in [0.29, 0.717) is 32.8 Å². The molecule has 8 nitrogen and oxygen atoms in total. The molecular formula is C22H20BrN3O5. The van der Waals surface area contributed by atoms with Gasteiger partial charge in [-0.15, -0.1) is 6.42 Å². The number of ether oxygens (including phenoxy) is 2. The Bertz CT molecular complexity index is 1110. The van der Waals surface area contributed by atoms with E-state index < -0.39 is 23.4 Å². The normalized spacial score (nSPS) is 26.3. The molecule has 4 rings (SSSR count). The number of terminal acetylenes is 1. The molecule has 1 amide bonds. The van der Waals surface area contributed by atoms with E-state index in [1.54, 1.807) is 36.4 Å². The van der Waals surface area contributed by atoms with E-state index in [1.165, 1.54) is 7.11 Å². The molecule has 0 aliphatic carbocycles. The van der Waals surface area contributed by atoms with Crippen molar-refractivity contribution in [2.24, 2.45) is 0 Å². The van der Waals surface area contributed by atoms with Crippen molar-refractivity contribution in [3.63, 3.8) is 0 Å². The van der Waals surface area contributed by atoms with E-state index in [1.807, 2.05) is 6.92 Å². The van der Waals surface area contributed by atoms with Crippen LogP contribution in [-0.4, -0.2) is 36.6 Å². The SMILES string of the molecule is C#CCOc1c(Br)cc([C@@H]2[C@H](C)N[C@]3(C(=O)Nc4ccccc43)[C@@H]2[N+](=O)[O-])cc1OC. The summed E-state index contributed by atoms with van der Waals surface area (Å²) in [4.78, 5) is 25.1. The van der Waals surface area contributed by atoms with Gasteiger partial charge in [-0.2, -0.15) is 0 Å². The van der Waals surface area contributed by atoms with E-state index >= 15 is 0 Å². The first-order valence-electron chi connectivity index (χ1n) is 9.61. The van der Waals surface area contributed by atoms with Crippen LogP contribution < -0.4 is 20.1 Å². The third kappa shape index (κ3) is 3.14. The van der Waals surface area contributed by atoms with Crippen LogP contribution in [0.25, 0.3) is 0 Å². The molecule has 2 aliphatic heterocycles. The Morgan fingerprint density at radius 1 is 1.35 bits per heavy atom. The summed E-state index contributed by atoms with van der Waals surface area (Å²) < 4.78 is 11.6. The monoisotopic (exact) mass is 485 g/mol. The highest BCUT2D eigenvalue weighted by molar-refractivity contribution is 9.10.